The molecule has 0 saturated carbocycles. The SMILES string of the molecule is NC(=O)CNC(=O)c1ccc(CNC(=O)c2ccc3c(Br)cnn3c2)cc1. The highest BCUT2D eigenvalue weighted by Gasteiger charge is 2.09. The van der Waals surface area contributed by atoms with Crippen LogP contribution >= 0.6 is 15.9 Å². The Morgan fingerprint density at radius 3 is 2.37 bits per heavy atom. The zero-order valence-corrected chi connectivity index (χ0v) is 15.7. The Morgan fingerprint density at radius 2 is 1.67 bits per heavy atom. The van der Waals surface area contributed by atoms with Crippen LogP contribution in [0.1, 0.15) is 26.3 Å². The zero-order valence-electron chi connectivity index (χ0n) is 14.1. The fraction of sp³-hybridized carbons (Fsp3) is 0.111. The van der Waals surface area contributed by atoms with Gasteiger partial charge in [-0.15, -0.1) is 0 Å². The van der Waals surface area contributed by atoms with Crippen molar-refractivity contribution in [2.75, 3.05) is 6.54 Å². The summed E-state index contributed by atoms with van der Waals surface area (Å²) in [6, 6.07) is 10.2. The smallest absolute Gasteiger partial charge is 0.253 e. The van der Waals surface area contributed by atoms with E-state index in [-0.39, 0.29) is 18.4 Å². The first-order chi connectivity index (χ1) is 12.9. The second-order valence-corrected chi connectivity index (χ2v) is 6.62. The molecule has 0 unspecified atom stereocenters. The normalized spacial score (nSPS) is 10.6. The van der Waals surface area contributed by atoms with Crippen molar-refractivity contribution < 1.29 is 14.4 Å². The third-order valence-corrected chi connectivity index (χ3v) is 4.43. The van der Waals surface area contributed by atoms with E-state index in [1.165, 1.54) is 0 Å². The van der Waals surface area contributed by atoms with Crippen LogP contribution in [0.3, 0.4) is 0 Å². The number of carbonyl (C=O) groups is 3. The average molecular weight is 430 g/mol. The van der Waals surface area contributed by atoms with Gasteiger partial charge in [-0.1, -0.05) is 12.1 Å². The van der Waals surface area contributed by atoms with Gasteiger partial charge in [-0.25, -0.2) is 4.52 Å². The molecule has 0 aliphatic carbocycles. The van der Waals surface area contributed by atoms with E-state index >= 15 is 0 Å². The number of primary amides is 1. The quantitative estimate of drug-likeness (QED) is 0.545. The molecule has 4 N–H and O–H groups in total. The molecule has 138 valence electrons. The number of nitrogens with two attached hydrogens (primary N) is 1. The van der Waals surface area contributed by atoms with E-state index in [0.717, 1.165) is 15.6 Å². The van der Waals surface area contributed by atoms with Gasteiger partial charge in [0.15, 0.2) is 0 Å². The summed E-state index contributed by atoms with van der Waals surface area (Å²) < 4.78 is 2.48. The van der Waals surface area contributed by atoms with E-state index < -0.39 is 5.91 Å². The van der Waals surface area contributed by atoms with Crippen molar-refractivity contribution in [1.29, 1.82) is 0 Å². The topological polar surface area (TPSA) is 119 Å². The number of benzene rings is 1. The minimum absolute atomic E-state index is 0.214. The Hall–Kier alpha value is -3.20. The highest BCUT2D eigenvalue weighted by Crippen LogP contribution is 2.17. The molecule has 0 saturated heterocycles. The van der Waals surface area contributed by atoms with Crippen molar-refractivity contribution in [2.45, 2.75) is 6.54 Å². The summed E-state index contributed by atoms with van der Waals surface area (Å²) in [5.74, 6) is -1.22. The van der Waals surface area contributed by atoms with Crippen LogP contribution in [0.5, 0.6) is 0 Å². The van der Waals surface area contributed by atoms with Gasteiger partial charge in [-0.2, -0.15) is 5.10 Å². The number of hydrogen-bond donors (Lipinski definition) is 3. The summed E-state index contributed by atoms with van der Waals surface area (Å²) >= 11 is 3.39. The fourth-order valence-corrected chi connectivity index (χ4v) is 2.82. The number of rotatable bonds is 6. The van der Waals surface area contributed by atoms with Crippen molar-refractivity contribution in [3.05, 3.63) is 70.0 Å². The first-order valence-corrected chi connectivity index (χ1v) is 8.80. The van der Waals surface area contributed by atoms with Crippen LogP contribution in [0.25, 0.3) is 5.52 Å². The number of nitrogens with zero attached hydrogens (tertiary/aromatic N) is 2. The van der Waals surface area contributed by atoms with Crippen LogP contribution in [-0.2, 0) is 11.3 Å². The lowest BCUT2D eigenvalue weighted by Gasteiger charge is -2.07. The second kappa shape index (κ2) is 8.00. The maximum absolute atomic E-state index is 12.3. The van der Waals surface area contributed by atoms with Crippen molar-refractivity contribution >= 4 is 39.2 Å². The highest BCUT2D eigenvalue weighted by atomic mass is 79.9. The van der Waals surface area contributed by atoms with Crippen LogP contribution < -0.4 is 16.4 Å². The predicted octanol–water partition coefficient (Wildman–Crippen LogP) is 1.24. The van der Waals surface area contributed by atoms with Gasteiger partial charge in [0.25, 0.3) is 11.8 Å². The lowest BCUT2D eigenvalue weighted by Crippen LogP contribution is -2.33. The molecule has 0 fully saturated rings. The van der Waals surface area contributed by atoms with Crippen molar-refractivity contribution in [2.24, 2.45) is 5.73 Å². The predicted molar refractivity (Wildman–Crippen MR) is 102 cm³/mol. The van der Waals surface area contributed by atoms with Gasteiger partial charge in [0.2, 0.25) is 5.91 Å². The van der Waals surface area contributed by atoms with Gasteiger partial charge in [0.05, 0.1) is 28.3 Å². The number of amides is 3. The molecule has 2 heterocycles. The number of aromatic nitrogens is 2. The molecule has 9 heteroatoms. The molecule has 1 aromatic carbocycles. The van der Waals surface area contributed by atoms with E-state index in [1.807, 2.05) is 6.07 Å². The number of pyridine rings is 1. The summed E-state index contributed by atoms with van der Waals surface area (Å²) in [6.45, 7) is 0.0939. The Balaban J connectivity index is 1.59. The second-order valence-electron chi connectivity index (χ2n) is 5.77. The van der Waals surface area contributed by atoms with Crippen LogP contribution in [0, 0.1) is 0 Å². The van der Waals surface area contributed by atoms with Crippen molar-refractivity contribution in [3.63, 3.8) is 0 Å². The standard InChI is InChI=1S/C18H16BrN5O3/c19-14-8-23-24-10-13(5-6-15(14)24)18(27)21-7-11-1-3-12(4-2-11)17(26)22-9-16(20)25/h1-6,8,10H,7,9H2,(H2,20,25)(H,21,27)(H,22,26). The molecule has 3 rings (SSSR count). The molecule has 3 aromatic rings. The first kappa shape index (κ1) is 18.6. The molecule has 0 radical (unpaired) electrons. The van der Waals surface area contributed by atoms with Gasteiger partial charge in [0, 0.05) is 18.3 Å². The summed E-state index contributed by atoms with van der Waals surface area (Å²) in [5.41, 5.74) is 7.58. The Kier molecular flexibility index (Phi) is 5.51. The third-order valence-electron chi connectivity index (χ3n) is 3.82. The molecule has 0 spiro atoms. The average Bonchev–Trinajstić information content (AvgIpc) is 3.05. The fourth-order valence-electron chi connectivity index (χ4n) is 2.42. The zero-order chi connectivity index (χ0) is 19.4. The molecule has 8 nitrogen and oxygen atoms in total. The van der Waals surface area contributed by atoms with Crippen LogP contribution in [-0.4, -0.2) is 33.9 Å². The molecule has 2 aromatic heterocycles. The van der Waals surface area contributed by atoms with Gasteiger partial charge in [-0.3, -0.25) is 14.4 Å². The first-order valence-electron chi connectivity index (χ1n) is 8.00. The molecule has 0 aliphatic heterocycles. The molecular formula is C18H16BrN5O3. The van der Waals surface area contributed by atoms with Gasteiger partial charge >= 0.3 is 0 Å². The molecule has 27 heavy (non-hydrogen) atoms. The summed E-state index contributed by atoms with van der Waals surface area (Å²) in [7, 11) is 0. The van der Waals surface area contributed by atoms with Crippen molar-refractivity contribution in [3.8, 4) is 0 Å². The minimum atomic E-state index is -0.608. The minimum Gasteiger partial charge on any atom is -0.368 e. The van der Waals surface area contributed by atoms with Gasteiger partial charge in [0.1, 0.15) is 0 Å². The van der Waals surface area contributed by atoms with Crippen molar-refractivity contribution in [1.82, 2.24) is 20.2 Å². The Labute approximate surface area is 162 Å². The van der Waals surface area contributed by atoms with Crippen LogP contribution in [0.4, 0.5) is 0 Å². The van der Waals surface area contributed by atoms with Gasteiger partial charge < -0.3 is 16.4 Å². The van der Waals surface area contributed by atoms with E-state index in [9.17, 15) is 14.4 Å². The maximum atomic E-state index is 12.3. The molecule has 0 bridgehead atoms. The monoisotopic (exact) mass is 429 g/mol. The highest BCUT2D eigenvalue weighted by molar-refractivity contribution is 9.10. The Morgan fingerprint density at radius 1 is 1.00 bits per heavy atom. The number of halogens is 1. The van der Waals surface area contributed by atoms with E-state index in [1.54, 1.807) is 47.2 Å². The van der Waals surface area contributed by atoms with E-state index in [2.05, 4.69) is 31.7 Å². The summed E-state index contributed by atoms with van der Waals surface area (Å²) in [6.07, 6.45) is 3.32. The molecule has 0 atom stereocenters. The molecular weight excluding hydrogens is 414 g/mol. The maximum Gasteiger partial charge on any atom is 0.253 e. The summed E-state index contributed by atoms with van der Waals surface area (Å²) in [4.78, 5) is 34.8. The molecule has 3 amide bonds. The Bertz CT molecular complexity index is 1010. The van der Waals surface area contributed by atoms with E-state index in [0.29, 0.717) is 17.7 Å². The third kappa shape index (κ3) is 4.50. The lowest BCUT2D eigenvalue weighted by molar-refractivity contribution is -0.117. The van der Waals surface area contributed by atoms with Crippen LogP contribution in [0.15, 0.2) is 53.3 Å². The number of fused-ring (bicyclic) bond motifs is 1. The van der Waals surface area contributed by atoms with Gasteiger partial charge in [-0.05, 0) is 45.8 Å². The molecule has 0 aliphatic rings. The summed E-state index contributed by atoms with van der Waals surface area (Å²) in [5, 5.41) is 9.39. The van der Waals surface area contributed by atoms with Crippen LogP contribution in [0.2, 0.25) is 0 Å². The van der Waals surface area contributed by atoms with E-state index in [4.69, 9.17) is 5.73 Å². The number of hydrogen-bond acceptors (Lipinski definition) is 4. The largest absolute Gasteiger partial charge is 0.368 e. The lowest BCUT2D eigenvalue weighted by atomic mass is 10.1. The number of carbonyl (C=O) groups excluding carboxylic acids is 3. The number of nitrogens with one attached hydrogen (secondary N) is 2.